The van der Waals surface area contributed by atoms with E-state index >= 15 is 0 Å². The predicted molar refractivity (Wildman–Crippen MR) is 61.8 cm³/mol. The highest BCUT2D eigenvalue weighted by Gasteiger charge is 2.09. The van der Waals surface area contributed by atoms with Gasteiger partial charge in [-0.1, -0.05) is 11.6 Å². The summed E-state index contributed by atoms with van der Waals surface area (Å²) in [7, 11) is 0. The Morgan fingerprint density at radius 3 is 2.93 bits per heavy atom. The molecule has 2 N–H and O–H groups in total. The first-order valence-corrected chi connectivity index (χ1v) is 5.10. The minimum atomic E-state index is 0.412. The zero-order valence-electron chi connectivity index (χ0n) is 8.57. The molecule has 1 aromatic heterocycles. The maximum Gasteiger partial charge on any atom is 0.153 e. The lowest BCUT2D eigenvalue weighted by Crippen LogP contribution is -2.25. The fraction of sp³-hybridized carbons (Fsp3) is 0.400. The summed E-state index contributed by atoms with van der Waals surface area (Å²) in [6, 6.07) is 5.47. The molecule has 0 saturated heterocycles. The summed E-state index contributed by atoms with van der Waals surface area (Å²) in [4.78, 5) is 6.09. The molecule has 0 aliphatic carbocycles. The molecule has 0 atom stereocenters. The van der Waals surface area contributed by atoms with E-state index in [9.17, 15) is 0 Å². The Bertz CT molecular complexity index is 372. The zero-order valence-corrected chi connectivity index (χ0v) is 9.33. The maximum atomic E-state index is 8.53. The Morgan fingerprint density at radius 1 is 1.60 bits per heavy atom. The van der Waals surface area contributed by atoms with E-state index in [2.05, 4.69) is 11.1 Å². The fourth-order valence-electron chi connectivity index (χ4n) is 1.29. The molecule has 0 aromatic carbocycles. The van der Waals surface area contributed by atoms with Crippen molar-refractivity contribution in [2.75, 3.05) is 23.7 Å². The third kappa shape index (κ3) is 3.00. The van der Waals surface area contributed by atoms with Crippen molar-refractivity contribution in [1.82, 2.24) is 4.98 Å². The van der Waals surface area contributed by atoms with Gasteiger partial charge in [0.25, 0.3) is 0 Å². The summed E-state index contributed by atoms with van der Waals surface area (Å²) in [5.41, 5.74) is 6.37. The number of aromatic nitrogens is 1. The van der Waals surface area contributed by atoms with Crippen LogP contribution in [0.5, 0.6) is 0 Å². The van der Waals surface area contributed by atoms with Gasteiger partial charge in [0.1, 0.15) is 5.15 Å². The standard InChI is InChI=1S/C10H13ClN4/c1-2-15(7-3-6-12)10-8(13)4-5-9(11)14-10/h4-5H,2-3,7,13H2,1H3. The van der Waals surface area contributed by atoms with Crippen molar-refractivity contribution in [3.8, 4) is 6.07 Å². The molecule has 1 aromatic rings. The van der Waals surface area contributed by atoms with Crippen molar-refractivity contribution in [1.29, 1.82) is 5.26 Å². The van der Waals surface area contributed by atoms with Gasteiger partial charge in [0.15, 0.2) is 5.82 Å². The van der Waals surface area contributed by atoms with Gasteiger partial charge in [0.2, 0.25) is 0 Å². The number of halogens is 1. The average Bonchev–Trinajstić information content (AvgIpc) is 2.24. The highest BCUT2D eigenvalue weighted by Crippen LogP contribution is 2.22. The van der Waals surface area contributed by atoms with Gasteiger partial charge >= 0.3 is 0 Å². The van der Waals surface area contributed by atoms with Crippen LogP contribution in [0.2, 0.25) is 5.15 Å². The molecular formula is C10H13ClN4. The smallest absolute Gasteiger partial charge is 0.153 e. The number of nitrogens with two attached hydrogens (primary N) is 1. The molecule has 0 unspecified atom stereocenters. The van der Waals surface area contributed by atoms with Crippen molar-refractivity contribution >= 4 is 23.1 Å². The SMILES string of the molecule is CCN(CCC#N)c1nc(Cl)ccc1N. The van der Waals surface area contributed by atoms with Crippen molar-refractivity contribution in [2.45, 2.75) is 13.3 Å². The molecule has 1 heterocycles. The van der Waals surface area contributed by atoms with Gasteiger partial charge < -0.3 is 10.6 Å². The lowest BCUT2D eigenvalue weighted by atomic mass is 10.3. The molecule has 4 nitrogen and oxygen atoms in total. The Kier molecular flexibility index (Phi) is 4.19. The number of nitrogens with zero attached hydrogens (tertiary/aromatic N) is 3. The summed E-state index contributed by atoms with van der Waals surface area (Å²) in [5.74, 6) is 0.653. The van der Waals surface area contributed by atoms with Crippen molar-refractivity contribution in [3.63, 3.8) is 0 Å². The van der Waals surface area contributed by atoms with Gasteiger partial charge in [-0.2, -0.15) is 5.26 Å². The van der Waals surface area contributed by atoms with Crippen LogP contribution in [0, 0.1) is 11.3 Å². The van der Waals surface area contributed by atoms with E-state index in [0.29, 0.717) is 29.6 Å². The van der Waals surface area contributed by atoms with E-state index in [4.69, 9.17) is 22.6 Å². The lowest BCUT2D eigenvalue weighted by molar-refractivity contribution is 0.812. The molecule has 80 valence electrons. The van der Waals surface area contributed by atoms with E-state index in [0.717, 1.165) is 6.54 Å². The third-order valence-corrected chi connectivity index (χ3v) is 2.26. The van der Waals surface area contributed by atoms with Crippen LogP contribution in [0.3, 0.4) is 0 Å². The van der Waals surface area contributed by atoms with Crippen LogP contribution in [0.15, 0.2) is 12.1 Å². The lowest BCUT2D eigenvalue weighted by Gasteiger charge is -2.22. The van der Waals surface area contributed by atoms with E-state index in [-0.39, 0.29) is 0 Å². The molecule has 5 heteroatoms. The van der Waals surface area contributed by atoms with Crippen molar-refractivity contribution in [3.05, 3.63) is 17.3 Å². The molecule has 0 amide bonds. The minimum absolute atomic E-state index is 0.412. The van der Waals surface area contributed by atoms with Gasteiger partial charge in [-0.15, -0.1) is 0 Å². The third-order valence-electron chi connectivity index (χ3n) is 2.05. The molecular weight excluding hydrogens is 212 g/mol. The molecule has 0 fully saturated rings. The number of nitrogen functional groups attached to an aromatic ring is 1. The van der Waals surface area contributed by atoms with Crippen molar-refractivity contribution in [2.24, 2.45) is 0 Å². The van der Waals surface area contributed by atoms with E-state index in [1.54, 1.807) is 12.1 Å². The highest BCUT2D eigenvalue weighted by atomic mass is 35.5. The monoisotopic (exact) mass is 224 g/mol. The number of hydrogen-bond acceptors (Lipinski definition) is 4. The second-order valence-electron chi connectivity index (χ2n) is 3.03. The topological polar surface area (TPSA) is 65.9 Å². The number of hydrogen-bond donors (Lipinski definition) is 1. The normalized spacial score (nSPS) is 9.67. The Labute approximate surface area is 94.3 Å². The minimum Gasteiger partial charge on any atom is -0.396 e. The van der Waals surface area contributed by atoms with Crippen LogP contribution in [0.1, 0.15) is 13.3 Å². The molecule has 0 bridgehead atoms. The molecule has 0 aliphatic rings. The van der Waals surface area contributed by atoms with Crippen LogP contribution in [-0.4, -0.2) is 18.1 Å². The van der Waals surface area contributed by atoms with E-state index < -0.39 is 0 Å². The maximum absolute atomic E-state index is 8.53. The summed E-state index contributed by atoms with van der Waals surface area (Å²) >= 11 is 5.79. The molecule has 0 saturated carbocycles. The van der Waals surface area contributed by atoms with Crippen molar-refractivity contribution < 1.29 is 0 Å². The Balaban J connectivity index is 2.91. The van der Waals surface area contributed by atoms with E-state index in [1.807, 2.05) is 11.8 Å². The van der Waals surface area contributed by atoms with Crippen LogP contribution >= 0.6 is 11.6 Å². The van der Waals surface area contributed by atoms with Gasteiger partial charge in [0, 0.05) is 13.1 Å². The van der Waals surface area contributed by atoms with Gasteiger partial charge in [-0.05, 0) is 19.1 Å². The second kappa shape index (κ2) is 5.42. The average molecular weight is 225 g/mol. The first-order valence-electron chi connectivity index (χ1n) is 4.73. The molecule has 0 radical (unpaired) electrons. The highest BCUT2D eigenvalue weighted by molar-refractivity contribution is 6.29. The number of nitriles is 1. The largest absolute Gasteiger partial charge is 0.396 e. The van der Waals surface area contributed by atoms with Crippen LogP contribution in [-0.2, 0) is 0 Å². The fourth-order valence-corrected chi connectivity index (χ4v) is 1.43. The Morgan fingerprint density at radius 2 is 2.33 bits per heavy atom. The number of anilines is 2. The number of pyridine rings is 1. The van der Waals surface area contributed by atoms with Gasteiger partial charge in [0.05, 0.1) is 18.2 Å². The van der Waals surface area contributed by atoms with Crippen LogP contribution in [0.25, 0.3) is 0 Å². The quantitative estimate of drug-likeness (QED) is 0.795. The second-order valence-corrected chi connectivity index (χ2v) is 3.42. The predicted octanol–water partition coefficient (Wildman–Crippen LogP) is 2.06. The first-order chi connectivity index (χ1) is 7.19. The van der Waals surface area contributed by atoms with Crippen LogP contribution < -0.4 is 10.6 Å². The first kappa shape index (κ1) is 11.6. The zero-order chi connectivity index (χ0) is 11.3. The summed E-state index contributed by atoms with van der Waals surface area (Å²) in [6.45, 7) is 3.35. The van der Waals surface area contributed by atoms with Gasteiger partial charge in [-0.25, -0.2) is 4.98 Å². The van der Waals surface area contributed by atoms with E-state index in [1.165, 1.54) is 0 Å². The number of rotatable bonds is 4. The Hall–Kier alpha value is -1.47. The summed E-state index contributed by atoms with van der Waals surface area (Å²) in [5, 5.41) is 8.94. The molecule has 15 heavy (non-hydrogen) atoms. The summed E-state index contributed by atoms with van der Waals surface area (Å²) in [6.07, 6.45) is 0.446. The molecule has 0 aliphatic heterocycles. The van der Waals surface area contributed by atoms with Gasteiger partial charge in [-0.3, -0.25) is 0 Å². The summed E-state index contributed by atoms with van der Waals surface area (Å²) < 4.78 is 0. The molecule has 1 rings (SSSR count). The van der Waals surface area contributed by atoms with Crippen LogP contribution in [0.4, 0.5) is 11.5 Å². The molecule has 0 spiro atoms.